The number of nitrogens with zero attached hydrogens (tertiary/aromatic N) is 3. The highest BCUT2D eigenvalue weighted by Gasteiger charge is 2.51. The van der Waals surface area contributed by atoms with Crippen molar-refractivity contribution in [1.29, 1.82) is 0 Å². The molecule has 2 aliphatic heterocycles. The summed E-state index contributed by atoms with van der Waals surface area (Å²) in [5, 5.41) is 14.8. The largest absolute Gasteiger partial charge is 0.392 e. The molecule has 6 heteroatoms. The van der Waals surface area contributed by atoms with E-state index >= 15 is 0 Å². The zero-order valence-electron chi connectivity index (χ0n) is 17.0. The molecule has 1 aromatic carbocycles. The molecule has 0 bridgehead atoms. The van der Waals surface area contributed by atoms with E-state index in [-0.39, 0.29) is 24.7 Å². The predicted octanol–water partition coefficient (Wildman–Crippen LogP) is 3.65. The van der Waals surface area contributed by atoms with Gasteiger partial charge >= 0.3 is 0 Å². The Labute approximate surface area is 171 Å². The van der Waals surface area contributed by atoms with Gasteiger partial charge in [-0.3, -0.25) is 4.79 Å². The number of ether oxygens (including phenoxy) is 1. The van der Waals surface area contributed by atoms with E-state index in [2.05, 4.69) is 6.07 Å². The molecule has 1 unspecified atom stereocenters. The molecule has 1 atom stereocenters. The van der Waals surface area contributed by atoms with Crippen LogP contribution in [0.2, 0.25) is 0 Å². The van der Waals surface area contributed by atoms with E-state index in [1.165, 1.54) is 5.56 Å². The van der Waals surface area contributed by atoms with Crippen LogP contribution >= 0.6 is 0 Å². The van der Waals surface area contributed by atoms with Crippen LogP contribution in [0.4, 0.5) is 5.69 Å². The Bertz CT molecular complexity index is 908. The molecule has 154 valence electrons. The maximum absolute atomic E-state index is 13.2. The summed E-state index contributed by atoms with van der Waals surface area (Å²) in [6.07, 6.45) is 8.63. The molecule has 6 nitrogen and oxygen atoms in total. The van der Waals surface area contributed by atoms with E-state index in [4.69, 9.17) is 9.84 Å². The third-order valence-electron chi connectivity index (χ3n) is 7.18. The zero-order valence-corrected chi connectivity index (χ0v) is 17.0. The fourth-order valence-electron chi connectivity index (χ4n) is 5.57. The van der Waals surface area contributed by atoms with E-state index < -0.39 is 5.41 Å². The SMILES string of the molecule is CN1C(=O)C2(CCC(c3nn(C4CCCCO4)cc3CO)CC2)c2ccccc21. The summed E-state index contributed by atoms with van der Waals surface area (Å²) < 4.78 is 7.78. The monoisotopic (exact) mass is 395 g/mol. The smallest absolute Gasteiger partial charge is 0.237 e. The summed E-state index contributed by atoms with van der Waals surface area (Å²) in [7, 11) is 1.89. The Morgan fingerprint density at radius 1 is 1.21 bits per heavy atom. The lowest BCUT2D eigenvalue weighted by atomic mass is 9.66. The number of likely N-dealkylation sites (N-methyl/N-ethyl adjacent to an activating group) is 1. The Hall–Kier alpha value is -2.18. The van der Waals surface area contributed by atoms with Gasteiger partial charge in [0, 0.05) is 37.0 Å². The Balaban J connectivity index is 1.39. The average Bonchev–Trinajstić information content (AvgIpc) is 3.30. The number of anilines is 1. The zero-order chi connectivity index (χ0) is 20.0. The van der Waals surface area contributed by atoms with Crippen LogP contribution in [0.15, 0.2) is 30.5 Å². The van der Waals surface area contributed by atoms with Crippen molar-refractivity contribution in [1.82, 2.24) is 9.78 Å². The topological polar surface area (TPSA) is 67.6 Å². The molecule has 1 aromatic heterocycles. The van der Waals surface area contributed by atoms with Gasteiger partial charge in [-0.1, -0.05) is 18.2 Å². The summed E-state index contributed by atoms with van der Waals surface area (Å²) in [5.74, 6) is 0.499. The fraction of sp³-hybridized carbons (Fsp3) is 0.565. The Kier molecular flexibility index (Phi) is 4.71. The lowest BCUT2D eigenvalue weighted by Crippen LogP contribution is -2.41. The second kappa shape index (κ2) is 7.26. The van der Waals surface area contributed by atoms with Crippen LogP contribution in [-0.2, 0) is 21.6 Å². The highest BCUT2D eigenvalue weighted by Crippen LogP contribution is 2.52. The summed E-state index contributed by atoms with van der Waals surface area (Å²) in [6, 6.07) is 8.20. The normalized spacial score (nSPS) is 29.4. The van der Waals surface area contributed by atoms with Crippen LogP contribution in [0.25, 0.3) is 0 Å². The van der Waals surface area contributed by atoms with Crippen LogP contribution in [-0.4, -0.2) is 34.4 Å². The molecular weight excluding hydrogens is 366 g/mol. The van der Waals surface area contributed by atoms with E-state index in [1.54, 1.807) is 0 Å². The maximum Gasteiger partial charge on any atom is 0.237 e. The van der Waals surface area contributed by atoms with Gasteiger partial charge in [0.1, 0.15) is 6.23 Å². The molecule has 0 radical (unpaired) electrons. The second-order valence-corrected chi connectivity index (χ2v) is 8.74. The molecular formula is C23H29N3O3. The van der Waals surface area contributed by atoms with Crippen molar-refractivity contribution in [3.8, 4) is 0 Å². The lowest BCUT2D eigenvalue weighted by molar-refractivity contribution is -0.124. The van der Waals surface area contributed by atoms with E-state index in [9.17, 15) is 9.90 Å². The molecule has 3 aliphatic rings. The van der Waals surface area contributed by atoms with E-state index in [0.717, 1.165) is 68.5 Å². The number of carbonyl (C=O) groups excluding carboxylic acids is 1. The number of amides is 1. The van der Waals surface area contributed by atoms with Crippen molar-refractivity contribution >= 4 is 11.6 Å². The minimum Gasteiger partial charge on any atom is -0.392 e. The highest BCUT2D eigenvalue weighted by molar-refractivity contribution is 6.07. The van der Waals surface area contributed by atoms with Crippen LogP contribution in [0, 0.1) is 0 Å². The molecule has 29 heavy (non-hydrogen) atoms. The fourth-order valence-corrected chi connectivity index (χ4v) is 5.57. The van der Waals surface area contributed by atoms with E-state index in [0.29, 0.717) is 0 Å². The molecule has 1 aliphatic carbocycles. The number of hydrogen-bond acceptors (Lipinski definition) is 4. The molecule has 1 spiro atoms. The minimum absolute atomic E-state index is 0.00576. The average molecular weight is 396 g/mol. The van der Waals surface area contributed by atoms with Gasteiger partial charge in [-0.15, -0.1) is 0 Å². The first-order valence-electron chi connectivity index (χ1n) is 10.8. The van der Waals surface area contributed by atoms with Crippen molar-refractivity contribution in [3.63, 3.8) is 0 Å². The first-order valence-corrected chi connectivity index (χ1v) is 10.8. The molecule has 1 amide bonds. The molecule has 2 aromatic rings. The molecule has 1 saturated carbocycles. The van der Waals surface area contributed by atoms with Gasteiger partial charge in [0.15, 0.2) is 0 Å². The van der Waals surface area contributed by atoms with Gasteiger partial charge in [-0.2, -0.15) is 5.10 Å². The lowest BCUT2D eigenvalue weighted by Gasteiger charge is -2.36. The van der Waals surface area contributed by atoms with Gasteiger partial charge in [0.2, 0.25) is 5.91 Å². The van der Waals surface area contributed by atoms with Crippen LogP contribution < -0.4 is 4.90 Å². The number of carbonyl (C=O) groups is 1. The van der Waals surface area contributed by atoms with Crippen LogP contribution in [0.5, 0.6) is 0 Å². The standard InChI is InChI=1S/C23H29N3O3/c1-25-19-7-3-2-6-18(19)23(22(25)28)11-9-16(10-12-23)21-17(15-27)14-26(24-21)20-8-4-5-13-29-20/h2-3,6-7,14,16,20,27H,4-5,8-13,15H2,1H3. The molecule has 1 N–H and O–H groups in total. The maximum atomic E-state index is 13.2. The van der Waals surface area contributed by atoms with Crippen molar-refractivity contribution in [2.24, 2.45) is 0 Å². The Morgan fingerprint density at radius 3 is 2.72 bits per heavy atom. The number of fused-ring (bicyclic) bond motifs is 2. The third-order valence-corrected chi connectivity index (χ3v) is 7.18. The van der Waals surface area contributed by atoms with Crippen molar-refractivity contribution in [2.75, 3.05) is 18.6 Å². The van der Waals surface area contributed by atoms with Crippen LogP contribution in [0.3, 0.4) is 0 Å². The van der Waals surface area contributed by atoms with Gasteiger partial charge in [0.05, 0.1) is 17.7 Å². The third kappa shape index (κ3) is 2.92. The molecule has 2 fully saturated rings. The predicted molar refractivity (Wildman–Crippen MR) is 110 cm³/mol. The number of para-hydroxylation sites is 1. The summed E-state index contributed by atoms with van der Waals surface area (Å²) >= 11 is 0. The number of aliphatic hydroxyl groups excluding tert-OH is 1. The molecule has 1 saturated heterocycles. The number of rotatable bonds is 3. The molecule has 5 rings (SSSR count). The minimum atomic E-state index is -0.393. The molecule has 3 heterocycles. The van der Waals surface area contributed by atoms with Gasteiger partial charge in [0.25, 0.3) is 0 Å². The van der Waals surface area contributed by atoms with Gasteiger partial charge < -0.3 is 14.7 Å². The summed E-state index contributed by atoms with van der Waals surface area (Å²) in [6.45, 7) is 0.767. The summed E-state index contributed by atoms with van der Waals surface area (Å²) in [4.78, 5) is 15.0. The first-order chi connectivity index (χ1) is 14.1. The second-order valence-electron chi connectivity index (χ2n) is 8.74. The number of benzene rings is 1. The van der Waals surface area contributed by atoms with Crippen molar-refractivity contribution < 1.29 is 14.6 Å². The Morgan fingerprint density at radius 2 is 2.00 bits per heavy atom. The van der Waals surface area contributed by atoms with Gasteiger partial charge in [-0.05, 0) is 56.6 Å². The number of aromatic nitrogens is 2. The van der Waals surface area contributed by atoms with Crippen molar-refractivity contribution in [3.05, 3.63) is 47.3 Å². The first kappa shape index (κ1) is 18.8. The number of aliphatic hydroxyl groups is 1. The summed E-state index contributed by atoms with van der Waals surface area (Å²) in [5.41, 5.74) is 3.72. The number of hydrogen-bond donors (Lipinski definition) is 1. The van der Waals surface area contributed by atoms with Crippen LogP contribution in [0.1, 0.15) is 73.9 Å². The van der Waals surface area contributed by atoms with Crippen molar-refractivity contribution in [2.45, 2.75) is 69.1 Å². The van der Waals surface area contributed by atoms with Gasteiger partial charge in [-0.25, -0.2) is 4.68 Å². The highest BCUT2D eigenvalue weighted by atomic mass is 16.5. The quantitative estimate of drug-likeness (QED) is 0.861. The van der Waals surface area contributed by atoms with E-state index in [1.807, 2.05) is 41.0 Å².